The number of hydrogen-bond acceptors (Lipinski definition) is 1. The second-order valence-electron chi connectivity index (χ2n) is 4.09. The van der Waals surface area contributed by atoms with Gasteiger partial charge in [-0.2, -0.15) is 0 Å². The molecule has 0 spiro atoms. The van der Waals surface area contributed by atoms with Gasteiger partial charge in [-0.25, -0.2) is 4.79 Å². The van der Waals surface area contributed by atoms with Crippen molar-refractivity contribution in [2.45, 2.75) is 20.4 Å². The van der Waals surface area contributed by atoms with Gasteiger partial charge in [-0.05, 0) is 23.6 Å². The summed E-state index contributed by atoms with van der Waals surface area (Å²) in [4.78, 5) is 11.4. The van der Waals surface area contributed by atoms with E-state index in [0.717, 1.165) is 10.0 Å². The van der Waals surface area contributed by atoms with Crippen molar-refractivity contribution in [3.8, 4) is 0 Å². The third kappa shape index (κ3) is 5.16. The largest absolute Gasteiger partial charge is 0.338 e. The van der Waals surface area contributed by atoms with E-state index in [4.69, 9.17) is 0 Å². The predicted octanol–water partition coefficient (Wildman–Crippen LogP) is 2.90. The number of amides is 2. The molecule has 0 unspecified atom stereocenters. The number of rotatable bonds is 4. The van der Waals surface area contributed by atoms with Crippen molar-refractivity contribution in [2.24, 2.45) is 5.92 Å². The number of urea groups is 1. The standard InChI is InChI=1S/C12H17BrN2O/c1-9(2)7-14-12(16)15-8-10-4-3-5-11(13)6-10/h3-6,9H,7-8H2,1-2H3,(H2,14,15,16). The molecule has 0 bridgehead atoms. The Morgan fingerprint density at radius 3 is 2.75 bits per heavy atom. The molecule has 2 amide bonds. The summed E-state index contributed by atoms with van der Waals surface area (Å²) >= 11 is 3.39. The van der Waals surface area contributed by atoms with Gasteiger partial charge in [0.05, 0.1) is 0 Å². The van der Waals surface area contributed by atoms with E-state index < -0.39 is 0 Å². The zero-order chi connectivity index (χ0) is 12.0. The Morgan fingerprint density at radius 2 is 2.12 bits per heavy atom. The zero-order valence-corrected chi connectivity index (χ0v) is 11.2. The minimum atomic E-state index is -0.117. The van der Waals surface area contributed by atoms with E-state index >= 15 is 0 Å². The Hall–Kier alpha value is -1.03. The molecule has 0 aliphatic carbocycles. The van der Waals surface area contributed by atoms with Crippen molar-refractivity contribution in [3.63, 3.8) is 0 Å². The second kappa shape index (κ2) is 6.53. The molecule has 0 aliphatic rings. The van der Waals surface area contributed by atoms with Crippen LogP contribution in [0.2, 0.25) is 0 Å². The summed E-state index contributed by atoms with van der Waals surface area (Å²) in [7, 11) is 0. The lowest BCUT2D eigenvalue weighted by molar-refractivity contribution is 0.239. The van der Waals surface area contributed by atoms with Gasteiger partial charge in [-0.1, -0.05) is 41.9 Å². The summed E-state index contributed by atoms with van der Waals surface area (Å²) in [5.41, 5.74) is 1.08. The van der Waals surface area contributed by atoms with E-state index in [1.165, 1.54) is 0 Å². The predicted molar refractivity (Wildman–Crippen MR) is 69.2 cm³/mol. The first-order valence-electron chi connectivity index (χ1n) is 5.34. The highest BCUT2D eigenvalue weighted by molar-refractivity contribution is 9.10. The summed E-state index contributed by atoms with van der Waals surface area (Å²) in [5.74, 6) is 0.469. The van der Waals surface area contributed by atoms with Crippen molar-refractivity contribution in [1.29, 1.82) is 0 Å². The van der Waals surface area contributed by atoms with Crippen molar-refractivity contribution in [1.82, 2.24) is 10.6 Å². The Labute approximate surface area is 105 Å². The Morgan fingerprint density at radius 1 is 1.38 bits per heavy atom. The third-order valence-electron chi connectivity index (χ3n) is 2.01. The number of carbonyl (C=O) groups is 1. The highest BCUT2D eigenvalue weighted by Gasteiger charge is 2.01. The maximum Gasteiger partial charge on any atom is 0.315 e. The van der Waals surface area contributed by atoms with Crippen LogP contribution >= 0.6 is 15.9 Å². The van der Waals surface area contributed by atoms with Crippen LogP contribution in [-0.2, 0) is 6.54 Å². The fraction of sp³-hybridized carbons (Fsp3) is 0.417. The third-order valence-corrected chi connectivity index (χ3v) is 2.51. The fourth-order valence-electron chi connectivity index (χ4n) is 1.19. The van der Waals surface area contributed by atoms with Crippen LogP contribution in [0.3, 0.4) is 0 Å². The molecule has 0 fully saturated rings. The number of halogens is 1. The molecule has 16 heavy (non-hydrogen) atoms. The summed E-state index contributed by atoms with van der Waals surface area (Å²) in [6.07, 6.45) is 0. The summed E-state index contributed by atoms with van der Waals surface area (Å²) in [5, 5.41) is 5.62. The van der Waals surface area contributed by atoms with Crippen LogP contribution in [-0.4, -0.2) is 12.6 Å². The molecule has 1 aromatic rings. The molecule has 0 saturated carbocycles. The molecule has 2 N–H and O–H groups in total. The first-order chi connectivity index (χ1) is 7.58. The minimum absolute atomic E-state index is 0.117. The number of benzene rings is 1. The van der Waals surface area contributed by atoms with Gasteiger partial charge in [0.1, 0.15) is 0 Å². The van der Waals surface area contributed by atoms with Crippen LogP contribution in [0.1, 0.15) is 19.4 Å². The Kier molecular flexibility index (Phi) is 5.32. The van der Waals surface area contributed by atoms with Gasteiger partial charge in [-0.3, -0.25) is 0 Å². The lowest BCUT2D eigenvalue weighted by Gasteiger charge is -2.09. The van der Waals surface area contributed by atoms with Gasteiger partial charge in [0.25, 0.3) is 0 Å². The summed E-state index contributed by atoms with van der Waals surface area (Å²) in [6, 6.07) is 7.76. The summed E-state index contributed by atoms with van der Waals surface area (Å²) in [6.45, 7) is 5.37. The SMILES string of the molecule is CC(C)CNC(=O)NCc1cccc(Br)c1. The van der Waals surface area contributed by atoms with Crippen LogP contribution in [0.15, 0.2) is 28.7 Å². The lowest BCUT2D eigenvalue weighted by Crippen LogP contribution is -2.36. The molecular formula is C12H17BrN2O. The second-order valence-corrected chi connectivity index (χ2v) is 5.00. The van der Waals surface area contributed by atoms with Crippen molar-refractivity contribution >= 4 is 22.0 Å². The maximum atomic E-state index is 11.4. The topological polar surface area (TPSA) is 41.1 Å². The van der Waals surface area contributed by atoms with Gasteiger partial charge >= 0.3 is 6.03 Å². The van der Waals surface area contributed by atoms with Crippen molar-refractivity contribution < 1.29 is 4.79 Å². The van der Waals surface area contributed by atoms with Gasteiger partial charge in [0, 0.05) is 17.6 Å². The van der Waals surface area contributed by atoms with Crippen molar-refractivity contribution in [2.75, 3.05) is 6.54 Å². The van der Waals surface area contributed by atoms with E-state index in [1.807, 2.05) is 24.3 Å². The average Bonchev–Trinajstić information content (AvgIpc) is 2.23. The highest BCUT2D eigenvalue weighted by atomic mass is 79.9. The van der Waals surface area contributed by atoms with Crippen molar-refractivity contribution in [3.05, 3.63) is 34.3 Å². The molecule has 0 aliphatic heterocycles. The molecule has 3 nitrogen and oxygen atoms in total. The minimum Gasteiger partial charge on any atom is -0.338 e. The van der Waals surface area contributed by atoms with E-state index in [1.54, 1.807) is 0 Å². The monoisotopic (exact) mass is 284 g/mol. The van der Waals surface area contributed by atoms with E-state index in [9.17, 15) is 4.79 Å². The first-order valence-corrected chi connectivity index (χ1v) is 6.13. The maximum absolute atomic E-state index is 11.4. The van der Waals surface area contributed by atoms with E-state index in [-0.39, 0.29) is 6.03 Å². The van der Waals surface area contributed by atoms with Gasteiger partial charge in [-0.15, -0.1) is 0 Å². The molecule has 1 rings (SSSR count). The van der Waals surface area contributed by atoms with Gasteiger partial charge < -0.3 is 10.6 Å². The number of carbonyl (C=O) groups excluding carboxylic acids is 1. The number of hydrogen-bond donors (Lipinski definition) is 2. The molecule has 0 radical (unpaired) electrons. The van der Waals surface area contributed by atoms with Crippen LogP contribution in [0.25, 0.3) is 0 Å². The summed E-state index contributed by atoms with van der Waals surface area (Å²) < 4.78 is 1.02. The highest BCUT2D eigenvalue weighted by Crippen LogP contribution is 2.11. The molecule has 0 atom stereocenters. The van der Waals surface area contributed by atoms with Gasteiger partial charge in [0.15, 0.2) is 0 Å². The molecule has 88 valence electrons. The quantitative estimate of drug-likeness (QED) is 0.877. The van der Waals surface area contributed by atoms with E-state index in [0.29, 0.717) is 19.0 Å². The van der Waals surface area contributed by atoms with Crippen LogP contribution < -0.4 is 10.6 Å². The molecular weight excluding hydrogens is 268 g/mol. The van der Waals surface area contributed by atoms with E-state index in [2.05, 4.69) is 40.4 Å². The van der Waals surface area contributed by atoms with Crippen LogP contribution in [0.5, 0.6) is 0 Å². The molecule has 4 heteroatoms. The molecule has 1 aromatic carbocycles. The molecule has 0 aromatic heterocycles. The molecule has 0 heterocycles. The average molecular weight is 285 g/mol. The lowest BCUT2D eigenvalue weighted by atomic mass is 10.2. The van der Waals surface area contributed by atoms with Crippen LogP contribution in [0, 0.1) is 5.92 Å². The normalized spacial score (nSPS) is 10.2. The smallest absolute Gasteiger partial charge is 0.315 e. The Balaban J connectivity index is 2.31. The first kappa shape index (κ1) is 13.0. The zero-order valence-electron chi connectivity index (χ0n) is 9.59. The van der Waals surface area contributed by atoms with Gasteiger partial charge in [0.2, 0.25) is 0 Å². The fourth-order valence-corrected chi connectivity index (χ4v) is 1.64. The molecule has 0 saturated heterocycles. The number of nitrogens with one attached hydrogen (secondary N) is 2. The Bertz CT molecular complexity index is 353. The van der Waals surface area contributed by atoms with Crippen LogP contribution in [0.4, 0.5) is 4.79 Å².